The van der Waals surface area contributed by atoms with Gasteiger partial charge in [0.2, 0.25) is 17.6 Å². The summed E-state index contributed by atoms with van der Waals surface area (Å²) < 4.78 is 26.1. The van der Waals surface area contributed by atoms with Gasteiger partial charge in [0, 0.05) is 25.3 Å². The zero-order valence-electron chi connectivity index (χ0n) is 31.3. The van der Waals surface area contributed by atoms with Crippen LogP contribution < -0.4 is 27.0 Å². The van der Waals surface area contributed by atoms with Gasteiger partial charge in [-0.2, -0.15) is 0 Å². The SMILES string of the molecule is C=CCNC(=O)C(=O)C(CC1CC1)NC(=O)C1CC2(CN1C(=O)C(NC(=O)NC(CCC)(CCC)C(CC)S(=O)(=O)CC)C(C)(N)O)SCCCS2. The molecule has 5 atom stereocenters. The zero-order valence-corrected chi connectivity index (χ0v) is 33.8. The number of aliphatic hydroxyl groups is 1. The molecule has 3 rings (SSSR count). The molecule has 2 aliphatic heterocycles. The Morgan fingerprint density at radius 3 is 2.17 bits per heavy atom. The van der Waals surface area contributed by atoms with Gasteiger partial charge in [0.25, 0.3) is 5.91 Å². The Kier molecular flexibility index (Phi) is 15.9. The van der Waals surface area contributed by atoms with Gasteiger partial charge in [0.1, 0.15) is 11.8 Å². The second kappa shape index (κ2) is 18.8. The number of nitrogens with zero attached hydrogens (tertiary/aromatic N) is 1. The predicted molar refractivity (Wildman–Crippen MR) is 206 cm³/mol. The van der Waals surface area contributed by atoms with Crippen LogP contribution in [0.4, 0.5) is 4.79 Å². The van der Waals surface area contributed by atoms with E-state index in [9.17, 15) is 37.5 Å². The highest BCUT2D eigenvalue weighted by molar-refractivity contribution is 8.18. The number of nitrogens with one attached hydrogen (secondary N) is 4. The number of likely N-dealkylation sites (tertiary alicyclic amines) is 1. The summed E-state index contributed by atoms with van der Waals surface area (Å²) in [5, 5.41) is 21.0. The molecule has 1 spiro atoms. The Labute approximate surface area is 317 Å². The van der Waals surface area contributed by atoms with Gasteiger partial charge >= 0.3 is 6.03 Å². The van der Waals surface area contributed by atoms with Crippen LogP contribution in [0.1, 0.15) is 98.8 Å². The summed E-state index contributed by atoms with van der Waals surface area (Å²) >= 11 is 3.27. The maximum absolute atomic E-state index is 14.5. The molecule has 2 saturated heterocycles. The lowest BCUT2D eigenvalue weighted by Crippen LogP contribution is -2.68. The van der Waals surface area contributed by atoms with Crippen molar-refractivity contribution in [2.45, 2.75) is 138 Å². The summed E-state index contributed by atoms with van der Waals surface area (Å²) in [5.41, 5.74) is 2.72. The average Bonchev–Trinajstić information content (AvgIpc) is 3.83. The summed E-state index contributed by atoms with van der Waals surface area (Å²) in [4.78, 5) is 69.7. The number of carbonyl (C=O) groups is 5. The van der Waals surface area contributed by atoms with Crippen LogP contribution in [-0.2, 0) is 29.0 Å². The normalized spacial score (nSPS) is 21.7. The summed E-state index contributed by atoms with van der Waals surface area (Å²) in [5.74, 6) is -1.34. The number of Topliss-reactive ketones (excluding diaryl/α,β-unsaturated/α-hetero) is 1. The standard InChI is InChI=1S/C35H60N6O8S3/c1-7-15-34(16-8-2,26(10-4)52(48,49)11-5)40-32(46)39-28(33(6,36)47)31(45)41-22-35(50-18-12-19-51-35)21-25(41)29(43)38-24(20-23-13-14-23)27(42)30(44)37-17-9-3/h9,23-26,28,47H,3,7-8,10-22,36H2,1-2,4-6H3,(H,37,44)(H,38,43)(H2,39,40,46). The topological polar surface area (TPSA) is 217 Å². The summed E-state index contributed by atoms with van der Waals surface area (Å²) in [6, 6.07) is -4.79. The largest absolute Gasteiger partial charge is 0.374 e. The lowest BCUT2D eigenvalue weighted by Gasteiger charge is -2.42. The van der Waals surface area contributed by atoms with E-state index < -0.39 is 78.1 Å². The van der Waals surface area contributed by atoms with Crippen LogP contribution in [0.5, 0.6) is 0 Å². The van der Waals surface area contributed by atoms with Crippen molar-refractivity contribution in [3.8, 4) is 0 Å². The quantitative estimate of drug-likeness (QED) is 0.0597. The Hall–Kier alpha value is -2.34. The number of rotatable bonds is 20. The van der Waals surface area contributed by atoms with Crippen LogP contribution in [0.3, 0.4) is 0 Å². The molecule has 5 unspecified atom stereocenters. The highest BCUT2D eigenvalue weighted by atomic mass is 32.2. The van der Waals surface area contributed by atoms with E-state index in [1.165, 1.54) is 17.9 Å². The molecule has 5 amide bonds. The first-order valence-electron chi connectivity index (χ1n) is 18.6. The van der Waals surface area contributed by atoms with Crippen LogP contribution in [0.25, 0.3) is 0 Å². The molecular formula is C35H60N6O8S3. The molecule has 0 bridgehead atoms. The third kappa shape index (κ3) is 11.1. The molecule has 3 fully saturated rings. The van der Waals surface area contributed by atoms with Gasteiger partial charge in [0.15, 0.2) is 15.9 Å². The molecule has 1 saturated carbocycles. The number of urea groups is 1. The van der Waals surface area contributed by atoms with Crippen LogP contribution in [0.2, 0.25) is 0 Å². The summed E-state index contributed by atoms with van der Waals surface area (Å²) in [6.07, 6.45) is 6.81. The smallest absolute Gasteiger partial charge is 0.316 e. The number of ketones is 1. The van der Waals surface area contributed by atoms with Gasteiger partial charge in [-0.05, 0) is 56.5 Å². The van der Waals surface area contributed by atoms with Crippen molar-refractivity contribution in [1.29, 1.82) is 0 Å². The highest BCUT2D eigenvalue weighted by Crippen LogP contribution is 2.50. The van der Waals surface area contributed by atoms with Gasteiger partial charge in [-0.25, -0.2) is 13.2 Å². The number of carbonyl (C=O) groups excluding carboxylic acids is 5. The third-order valence-electron chi connectivity index (χ3n) is 10.1. The first-order valence-corrected chi connectivity index (χ1v) is 22.2. The number of amides is 5. The maximum Gasteiger partial charge on any atom is 0.316 e. The summed E-state index contributed by atoms with van der Waals surface area (Å²) in [6.45, 7) is 12.1. The molecule has 1 aliphatic carbocycles. The van der Waals surface area contributed by atoms with E-state index in [1.807, 2.05) is 13.8 Å². The first kappa shape index (κ1) is 44.1. The fourth-order valence-corrected chi connectivity index (χ4v) is 12.7. The molecule has 17 heteroatoms. The van der Waals surface area contributed by atoms with Crippen LogP contribution in [0.15, 0.2) is 12.7 Å². The molecule has 14 nitrogen and oxygen atoms in total. The van der Waals surface area contributed by atoms with Crippen molar-refractivity contribution in [2.24, 2.45) is 11.7 Å². The number of nitrogens with two attached hydrogens (primary N) is 1. The Morgan fingerprint density at radius 1 is 1.06 bits per heavy atom. The number of thioether (sulfide) groups is 2. The zero-order chi connectivity index (χ0) is 38.9. The van der Waals surface area contributed by atoms with Gasteiger partial charge in [-0.15, -0.1) is 30.1 Å². The van der Waals surface area contributed by atoms with Crippen molar-refractivity contribution < 1.29 is 37.5 Å². The minimum atomic E-state index is -3.60. The van der Waals surface area contributed by atoms with Crippen LogP contribution in [0, 0.1) is 5.92 Å². The second-order valence-electron chi connectivity index (χ2n) is 14.5. The minimum absolute atomic E-state index is 0.0864. The van der Waals surface area contributed by atoms with Gasteiger partial charge < -0.3 is 37.0 Å². The van der Waals surface area contributed by atoms with E-state index in [0.29, 0.717) is 25.7 Å². The molecular weight excluding hydrogens is 729 g/mol. The molecule has 52 heavy (non-hydrogen) atoms. The molecule has 296 valence electrons. The summed E-state index contributed by atoms with van der Waals surface area (Å²) in [7, 11) is -3.60. The highest BCUT2D eigenvalue weighted by Gasteiger charge is 2.54. The van der Waals surface area contributed by atoms with E-state index >= 15 is 0 Å². The van der Waals surface area contributed by atoms with Gasteiger partial charge in [0.05, 0.1) is 20.9 Å². The molecule has 0 aromatic heterocycles. The van der Waals surface area contributed by atoms with Crippen LogP contribution in [-0.4, -0.2) is 117 Å². The third-order valence-corrected chi connectivity index (χ3v) is 15.9. The van der Waals surface area contributed by atoms with E-state index in [4.69, 9.17) is 5.73 Å². The van der Waals surface area contributed by atoms with Crippen molar-refractivity contribution in [2.75, 3.05) is 30.3 Å². The van der Waals surface area contributed by atoms with Crippen molar-refractivity contribution in [1.82, 2.24) is 26.2 Å². The van der Waals surface area contributed by atoms with Crippen LogP contribution >= 0.6 is 23.5 Å². The number of hydrogen-bond acceptors (Lipinski definition) is 11. The van der Waals surface area contributed by atoms with E-state index in [2.05, 4.69) is 27.8 Å². The molecule has 7 N–H and O–H groups in total. The Balaban J connectivity index is 1.95. The van der Waals surface area contributed by atoms with E-state index in [0.717, 1.165) is 30.8 Å². The fourth-order valence-electron chi connectivity index (χ4n) is 7.48. The second-order valence-corrected chi connectivity index (χ2v) is 20.2. The Bertz CT molecular complexity index is 1410. The maximum atomic E-state index is 14.5. The van der Waals surface area contributed by atoms with Crippen molar-refractivity contribution in [3.63, 3.8) is 0 Å². The average molecular weight is 789 g/mol. The lowest BCUT2D eigenvalue weighted by atomic mass is 9.84. The number of hydrogen-bond donors (Lipinski definition) is 6. The van der Waals surface area contributed by atoms with E-state index in [-0.39, 0.29) is 44.0 Å². The molecule has 2 heterocycles. The predicted octanol–water partition coefficient (Wildman–Crippen LogP) is 2.20. The number of sulfone groups is 1. The van der Waals surface area contributed by atoms with Crippen molar-refractivity contribution in [3.05, 3.63) is 12.7 Å². The molecule has 0 aromatic rings. The first-order chi connectivity index (χ1) is 24.4. The molecule has 0 aromatic carbocycles. The van der Waals surface area contributed by atoms with Gasteiger partial charge in [-0.1, -0.05) is 59.5 Å². The minimum Gasteiger partial charge on any atom is -0.374 e. The monoisotopic (exact) mass is 788 g/mol. The van der Waals surface area contributed by atoms with Gasteiger partial charge in [-0.3, -0.25) is 19.2 Å². The fraction of sp³-hybridized carbons (Fsp3) is 0.800. The molecule has 3 aliphatic rings. The van der Waals surface area contributed by atoms with Crippen molar-refractivity contribution >= 4 is 62.9 Å². The van der Waals surface area contributed by atoms with E-state index in [1.54, 1.807) is 37.4 Å². The lowest BCUT2D eigenvalue weighted by molar-refractivity contribution is -0.145. The molecule has 0 radical (unpaired) electrons. The Morgan fingerprint density at radius 2 is 1.67 bits per heavy atom.